The first kappa shape index (κ1) is 21.6. The van der Waals surface area contributed by atoms with Gasteiger partial charge in [-0.3, -0.25) is 9.10 Å². The number of hydrogen-bond donors (Lipinski definition) is 1. The summed E-state index contributed by atoms with van der Waals surface area (Å²) < 4.78 is 36.8. The fourth-order valence-corrected chi connectivity index (χ4v) is 6.11. The van der Waals surface area contributed by atoms with Crippen molar-refractivity contribution in [2.75, 3.05) is 29.0 Å². The number of fused-ring (bicyclic) bond motifs is 2. The molecule has 0 bridgehead atoms. The molecule has 0 saturated carbocycles. The van der Waals surface area contributed by atoms with Gasteiger partial charge in [0.05, 0.1) is 30.7 Å². The molecule has 1 aliphatic heterocycles. The van der Waals surface area contributed by atoms with Crippen molar-refractivity contribution >= 4 is 43.9 Å². The van der Waals surface area contributed by atoms with Crippen LogP contribution in [0, 0.1) is 0 Å². The summed E-state index contributed by atoms with van der Waals surface area (Å²) in [6.45, 7) is 1.83. The van der Waals surface area contributed by atoms with E-state index in [1.54, 1.807) is 31.2 Å². The number of para-hydroxylation sites is 2. The summed E-state index contributed by atoms with van der Waals surface area (Å²) in [5, 5.41) is 3.25. The van der Waals surface area contributed by atoms with E-state index >= 15 is 0 Å². The first-order valence-corrected chi connectivity index (χ1v) is 12.8. The van der Waals surface area contributed by atoms with Crippen LogP contribution in [0.1, 0.15) is 40.6 Å². The van der Waals surface area contributed by atoms with Gasteiger partial charge in [0.1, 0.15) is 10.8 Å². The van der Waals surface area contributed by atoms with Crippen LogP contribution in [-0.4, -0.2) is 45.8 Å². The third kappa shape index (κ3) is 4.27. The van der Waals surface area contributed by atoms with Gasteiger partial charge in [-0.2, -0.15) is 0 Å². The minimum absolute atomic E-state index is 0.151. The number of nitrogens with zero attached hydrogens (tertiary/aromatic N) is 1. The summed E-state index contributed by atoms with van der Waals surface area (Å²) in [5.41, 5.74) is 1.75. The van der Waals surface area contributed by atoms with Gasteiger partial charge < -0.3 is 14.8 Å². The molecule has 8 nitrogen and oxygen atoms in total. The topological polar surface area (TPSA) is 102 Å². The number of esters is 1. The summed E-state index contributed by atoms with van der Waals surface area (Å²) >= 11 is 1.38. The largest absolute Gasteiger partial charge is 0.476 e. The third-order valence-corrected chi connectivity index (χ3v) is 7.67. The molecule has 1 aromatic heterocycles. The number of anilines is 2. The molecule has 1 amide bonds. The lowest BCUT2D eigenvalue weighted by Crippen LogP contribution is -2.48. The van der Waals surface area contributed by atoms with Gasteiger partial charge in [-0.15, -0.1) is 11.3 Å². The number of benzene rings is 1. The van der Waals surface area contributed by atoms with E-state index in [-0.39, 0.29) is 13.2 Å². The number of carbonyl (C=O) groups excluding carboxylic acids is 2. The molecule has 1 N–H and O–H groups in total. The molecule has 2 aromatic rings. The summed E-state index contributed by atoms with van der Waals surface area (Å²) in [5.74, 6) is -0.646. The van der Waals surface area contributed by atoms with Crippen LogP contribution in [0.4, 0.5) is 10.7 Å². The van der Waals surface area contributed by atoms with E-state index in [2.05, 4.69) is 5.32 Å². The van der Waals surface area contributed by atoms with Crippen molar-refractivity contribution in [1.29, 1.82) is 0 Å². The van der Waals surface area contributed by atoms with Crippen LogP contribution < -0.4 is 14.4 Å². The van der Waals surface area contributed by atoms with Crippen LogP contribution in [-0.2, 0) is 32.4 Å². The maximum absolute atomic E-state index is 13.1. The van der Waals surface area contributed by atoms with Crippen LogP contribution in [0.15, 0.2) is 24.3 Å². The predicted octanol–water partition coefficient (Wildman–Crippen LogP) is 2.97. The number of nitrogens with one attached hydrogen (secondary N) is 1. The Kier molecular flexibility index (Phi) is 5.94. The Morgan fingerprint density at radius 3 is 2.74 bits per heavy atom. The lowest BCUT2D eigenvalue weighted by Gasteiger charge is -2.33. The molecule has 2 aliphatic rings. The summed E-state index contributed by atoms with van der Waals surface area (Å²) in [4.78, 5) is 26.8. The highest BCUT2D eigenvalue weighted by Crippen LogP contribution is 2.39. The summed E-state index contributed by atoms with van der Waals surface area (Å²) in [7, 11) is -3.61. The van der Waals surface area contributed by atoms with E-state index in [9.17, 15) is 18.0 Å². The van der Waals surface area contributed by atoms with Crippen LogP contribution in [0.3, 0.4) is 0 Å². The molecule has 0 saturated heterocycles. The predicted molar refractivity (Wildman–Crippen MR) is 119 cm³/mol. The SMILES string of the molecule is CCOC(=O)c1c(NC(=O)[C@@H]2CN(S(C)(=O)=O)c3ccccc3O2)sc2c1CCCC2. The van der Waals surface area contributed by atoms with Crippen LogP contribution in [0.25, 0.3) is 0 Å². The number of amides is 1. The van der Waals surface area contributed by atoms with E-state index in [1.807, 2.05) is 0 Å². The zero-order valence-electron chi connectivity index (χ0n) is 17.3. The maximum atomic E-state index is 13.1. The highest BCUT2D eigenvalue weighted by atomic mass is 32.2. The molecule has 0 spiro atoms. The molecule has 166 valence electrons. The average Bonchev–Trinajstić information content (AvgIpc) is 3.10. The molecule has 2 heterocycles. The first-order valence-electron chi connectivity index (χ1n) is 10.2. The smallest absolute Gasteiger partial charge is 0.341 e. The van der Waals surface area contributed by atoms with Crippen LogP contribution >= 0.6 is 11.3 Å². The fourth-order valence-electron chi connectivity index (χ4n) is 3.92. The standard InChI is InChI=1S/C21H24N2O6S2/c1-3-28-21(25)18-13-8-4-7-11-17(13)30-20(18)22-19(24)16-12-23(31(2,26)27)14-9-5-6-10-15(14)29-16/h5-6,9-10,16H,3-4,7-8,11-12H2,1-2H3,(H,22,24)/t16-/m0/s1. The van der Waals surface area contributed by atoms with Gasteiger partial charge in [-0.25, -0.2) is 13.2 Å². The molecule has 0 radical (unpaired) electrons. The third-order valence-electron chi connectivity index (χ3n) is 5.32. The van der Waals surface area contributed by atoms with Gasteiger partial charge in [0.25, 0.3) is 5.91 Å². The number of sulfonamides is 1. The highest BCUT2D eigenvalue weighted by Gasteiger charge is 2.36. The lowest BCUT2D eigenvalue weighted by atomic mass is 9.95. The Bertz CT molecular complexity index is 1120. The van der Waals surface area contributed by atoms with Gasteiger partial charge >= 0.3 is 5.97 Å². The lowest BCUT2D eigenvalue weighted by molar-refractivity contribution is -0.122. The van der Waals surface area contributed by atoms with Crippen molar-refractivity contribution in [2.45, 2.75) is 38.7 Å². The number of aryl methyl sites for hydroxylation is 1. The number of carbonyl (C=O) groups is 2. The molecule has 31 heavy (non-hydrogen) atoms. The number of thiophene rings is 1. The normalized spacial score (nSPS) is 17.9. The molecule has 4 rings (SSSR count). The van der Waals surface area contributed by atoms with Gasteiger partial charge in [0.2, 0.25) is 10.0 Å². The summed E-state index contributed by atoms with van der Waals surface area (Å²) in [6, 6.07) is 6.69. The minimum Gasteiger partial charge on any atom is -0.476 e. The number of hydrogen-bond acceptors (Lipinski definition) is 7. The van der Waals surface area contributed by atoms with Crippen molar-refractivity contribution in [2.24, 2.45) is 0 Å². The second kappa shape index (κ2) is 8.51. The Hall–Kier alpha value is -2.59. The Labute approximate surface area is 185 Å². The quantitative estimate of drug-likeness (QED) is 0.683. The van der Waals surface area contributed by atoms with Gasteiger partial charge in [-0.1, -0.05) is 12.1 Å². The Balaban J connectivity index is 1.63. The fraction of sp³-hybridized carbons (Fsp3) is 0.429. The molecule has 1 aromatic carbocycles. The van der Waals surface area contributed by atoms with Gasteiger partial charge in [0.15, 0.2) is 6.10 Å². The zero-order chi connectivity index (χ0) is 22.2. The summed E-state index contributed by atoms with van der Waals surface area (Å²) in [6.07, 6.45) is 3.68. The average molecular weight is 465 g/mol. The molecular formula is C21H24N2O6S2. The second-order valence-corrected chi connectivity index (χ2v) is 10.5. The van der Waals surface area contributed by atoms with E-state index in [0.29, 0.717) is 22.0 Å². The van der Waals surface area contributed by atoms with E-state index in [4.69, 9.17) is 9.47 Å². The zero-order valence-corrected chi connectivity index (χ0v) is 19.0. The van der Waals surface area contributed by atoms with E-state index in [1.165, 1.54) is 15.6 Å². The highest BCUT2D eigenvalue weighted by molar-refractivity contribution is 7.92. The van der Waals surface area contributed by atoms with Crippen molar-refractivity contribution < 1.29 is 27.5 Å². The van der Waals surface area contributed by atoms with Crippen molar-refractivity contribution in [1.82, 2.24) is 0 Å². The van der Waals surface area contributed by atoms with Crippen LogP contribution in [0.2, 0.25) is 0 Å². The van der Waals surface area contributed by atoms with Crippen molar-refractivity contribution in [3.05, 3.63) is 40.3 Å². The molecule has 1 aliphatic carbocycles. The monoisotopic (exact) mass is 464 g/mol. The number of ether oxygens (including phenoxy) is 2. The van der Waals surface area contributed by atoms with E-state index in [0.717, 1.165) is 42.4 Å². The molecule has 1 atom stereocenters. The second-order valence-electron chi connectivity index (χ2n) is 7.49. The Morgan fingerprint density at radius 1 is 1.26 bits per heavy atom. The Morgan fingerprint density at radius 2 is 2.00 bits per heavy atom. The maximum Gasteiger partial charge on any atom is 0.341 e. The van der Waals surface area contributed by atoms with Crippen LogP contribution in [0.5, 0.6) is 5.75 Å². The minimum atomic E-state index is -3.61. The number of rotatable bonds is 5. The molecule has 10 heteroatoms. The molecule has 0 fully saturated rings. The molecule has 0 unspecified atom stereocenters. The first-order chi connectivity index (χ1) is 14.8. The van der Waals surface area contributed by atoms with Gasteiger partial charge in [-0.05, 0) is 50.3 Å². The van der Waals surface area contributed by atoms with Gasteiger partial charge in [0, 0.05) is 4.88 Å². The van der Waals surface area contributed by atoms with E-state index < -0.39 is 28.0 Å². The molecular weight excluding hydrogens is 440 g/mol. The van der Waals surface area contributed by atoms with Crippen molar-refractivity contribution in [3.63, 3.8) is 0 Å². The van der Waals surface area contributed by atoms with Crippen molar-refractivity contribution in [3.8, 4) is 5.75 Å².